The third kappa shape index (κ3) is 3.04. The van der Waals surface area contributed by atoms with E-state index >= 15 is 0 Å². The third-order valence-electron chi connectivity index (χ3n) is 3.07. The standard InChI is InChI=1S/C11H16N2O4/c14-8-9-2-1-5-12(6-9)7-10-3-4-11(17-10)13(15)16/h3-4,9,14H,1-2,5-8H2. The minimum absolute atomic E-state index is 0.203. The Morgan fingerprint density at radius 3 is 3.06 bits per heavy atom. The lowest BCUT2D eigenvalue weighted by Crippen LogP contribution is -2.36. The first-order valence-electron chi connectivity index (χ1n) is 5.75. The number of nitro groups is 1. The second kappa shape index (κ2) is 5.29. The summed E-state index contributed by atoms with van der Waals surface area (Å²) < 4.78 is 5.11. The maximum absolute atomic E-state index is 10.5. The molecule has 17 heavy (non-hydrogen) atoms. The number of nitrogens with zero attached hydrogens (tertiary/aromatic N) is 2. The number of hydrogen-bond acceptors (Lipinski definition) is 5. The van der Waals surface area contributed by atoms with Crippen molar-refractivity contribution < 1.29 is 14.4 Å². The molecule has 1 atom stereocenters. The van der Waals surface area contributed by atoms with Gasteiger partial charge in [0.25, 0.3) is 0 Å². The van der Waals surface area contributed by atoms with Crippen LogP contribution >= 0.6 is 0 Å². The molecule has 1 N–H and O–H groups in total. The summed E-state index contributed by atoms with van der Waals surface area (Å²) in [6, 6.07) is 3.02. The van der Waals surface area contributed by atoms with E-state index in [-0.39, 0.29) is 12.5 Å². The van der Waals surface area contributed by atoms with Gasteiger partial charge < -0.3 is 9.52 Å². The van der Waals surface area contributed by atoms with Gasteiger partial charge >= 0.3 is 5.88 Å². The molecule has 6 heteroatoms. The Morgan fingerprint density at radius 1 is 1.59 bits per heavy atom. The second-order valence-corrected chi connectivity index (χ2v) is 4.42. The first kappa shape index (κ1) is 12.1. The molecule has 0 aliphatic carbocycles. The van der Waals surface area contributed by atoms with Crippen LogP contribution in [0.3, 0.4) is 0 Å². The smallest absolute Gasteiger partial charge is 0.404 e. The van der Waals surface area contributed by atoms with Crippen molar-refractivity contribution >= 4 is 5.88 Å². The van der Waals surface area contributed by atoms with Crippen LogP contribution in [0, 0.1) is 16.0 Å². The minimum atomic E-state index is -0.532. The quantitative estimate of drug-likeness (QED) is 0.635. The van der Waals surface area contributed by atoms with Crippen LogP contribution in [0.25, 0.3) is 0 Å². The van der Waals surface area contributed by atoms with Crippen LogP contribution in [0.15, 0.2) is 16.5 Å². The van der Waals surface area contributed by atoms with Crippen LogP contribution in [0.2, 0.25) is 0 Å². The molecular weight excluding hydrogens is 224 g/mol. The van der Waals surface area contributed by atoms with Gasteiger partial charge in [-0.3, -0.25) is 15.0 Å². The van der Waals surface area contributed by atoms with Crippen LogP contribution in [-0.2, 0) is 6.54 Å². The van der Waals surface area contributed by atoms with Gasteiger partial charge in [-0.25, -0.2) is 0 Å². The molecule has 1 saturated heterocycles. The van der Waals surface area contributed by atoms with E-state index in [4.69, 9.17) is 9.52 Å². The van der Waals surface area contributed by atoms with E-state index < -0.39 is 4.92 Å². The first-order chi connectivity index (χ1) is 8.19. The highest BCUT2D eigenvalue weighted by Gasteiger charge is 2.21. The lowest BCUT2D eigenvalue weighted by atomic mass is 9.99. The first-order valence-corrected chi connectivity index (χ1v) is 5.75. The Balaban J connectivity index is 1.93. The molecule has 1 aromatic heterocycles. The van der Waals surface area contributed by atoms with Gasteiger partial charge in [0.1, 0.15) is 10.7 Å². The summed E-state index contributed by atoms with van der Waals surface area (Å²) in [5.41, 5.74) is 0. The van der Waals surface area contributed by atoms with E-state index in [2.05, 4.69) is 4.90 Å². The molecule has 1 aliphatic rings. The van der Waals surface area contributed by atoms with Gasteiger partial charge in [-0.15, -0.1) is 0 Å². The second-order valence-electron chi connectivity index (χ2n) is 4.42. The molecular formula is C11H16N2O4. The summed E-state index contributed by atoms with van der Waals surface area (Å²) >= 11 is 0. The lowest BCUT2D eigenvalue weighted by Gasteiger charge is -2.30. The lowest BCUT2D eigenvalue weighted by molar-refractivity contribution is -0.402. The van der Waals surface area contributed by atoms with Gasteiger partial charge in [0.2, 0.25) is 0 Å². The predicted octanol–water partition coefficient (Wildman–Crippen LogP) is 1.39. The fourth-order valence-electron chi connectivity index (χ4n) is 2.21. The molecule has 6 nitrogen and oxygen atoms in total. The highest BCUT2D eigenvalue weighted by molar-refractivity contribution is 5.17. The van der Waals surface area contributed by atoms with E-state index in [1.165, 1.54) is 6.07 Å². The number of aliphatic hydroxyl groups excluding tert-OH is 1. The minimum Gasteiger partial charge on any atom is -0.404 e. The fraction of sp³-hybridized carbons (Fsp3) is 0.636. The molecule has 2 rings (SSSR count). The molecule has 1 aromatic rings. The molecule has 0 bridgehead atoms. The summed E-state index contributed by atoms with van der Waals surface area (Å²) in [5, 5.41) is 19.6. The third-order valence-corrected chi connectivity index (χ3v) is 3.07. The van der Waals surface area contributed by atoms with Crippen molar-refractivity contribution in [2.75, 3.05) is 19.7 Å². The Kier molecular flexibility index (Phi) is 3.75. The number of rotatable bonds is 4. The van der Waals surface area contributed by atoms with E-state index in [0.29, 0.717) is 18.2 Å². The molecule has 0 spiro atoms. The molecule has 2 heterocycles. The molecule has 94 valence electrons. The molecule has 0 amide bonds. The average molecular weight is 240 g/mol. The van der Waals surface area contributed by atoms with Crippen LogP contribution in [-0.4, -0.2) is 34.6 Å². The maximum Gasteiger partial charge on any atom is 0.433 e. The molecule has 1 fully saturated rings. The van der Waals surface area contributed by atoms with Crippen LogP contribution in [0.4, 0.5) is 5.88 Å². The normalized spacial score (nSPS) is 21.6. The zero-order chi connectivity index (χ0) is 12.3. The van der Waals surface area contributed by atoms with E-state index in [1.54, 1.807) is 6.07 Å². The number of furan rings is 1. The Hall–Kier alpha value is -1.40. The largest absolute Gasteiger partial charge is 0.433 e. The topological polar surface area (TPSA) is 79.8 Å². The molecule has 0 saturated carbocycles. The fourth-order valence-corrected chi connectivity index (χ4v) is 2.21. The van der Waals surface area contributed by atoms with Crippen molar-refractivity contribution in [3.63, 3.8) is 0 Å². The van der Waals surface area contributed by atoms with Crippen molar-refractivity contribution in [3.8, 4) is 0 Å². The highest BCUT2D eigenvalue weighted by atomic mass is 16.6. The SMILES string of the molecule is O=[N+]([O-])c1ccc(CN2CCCC(CO)C2)o1. The summed E-state index contributed by atoms with van der Waals surface area (Å²) in [6.45, 7) is 2.55. The van der Waals surface area contributed by atoms with Gasteiger partial charge in [-0.05, 0) is 31.4 Å². The van der Waals surface area contributed by atoms with Gasteiger partial charge in [-0.2, -0.15) is 0 Å². The average Bonchev–Trinajstić information content (AvgIpc) is 2.78. The Morgan fingerprint density at radius 2 is 2.41 bits per heavy atom. The number of aliphatic hydroxyl groups is 1. The predicted molar refractivity (Wildman–Crippen MR) is 60.4 cm³/mol. The van der Waals surface area contributed by atoms with E-state index in [0.717, 1.165) is 25.9 Å². The molecule has 0 radical (unpaired) electrons. The van der Waals surface area contributed by atoms with Crippen molar-refractivity contribution in [2.45, 2.75) is 19.4 Å². The number of likely N-dealkylation sites (tertiary alicyclic amines) is 1. The van der Waals surface area contributed by atoms with Crippen molar-refractivity contribution in [3.05, 3.63) is 28.0 Å². The summed E-state index contributed by atoms with van der Waals surface area (Å²) in [4.78, 5) is 12.1. The highest BCUT2D eigenvalue weighted by Crippen LogP contribution is 2.21. The number of piperidine rings is 1. The van der Waals surface area contributed by atoms with Crippen LogP contribution < -0.4 is 0 Å². The van der Waals surface area contributed by atoms with E-state index in [9.17, 15) is 10.1 Å². The van der Waals surface area contributed by atoms with Gasteiger partial charge in [0, 0.05) is 13.2 Å². The van der Waals surface area contributed by atoms with E-state index in [1.807, 2.05) is 0 Å². The maximum atomic E-state index is 10.5. The summed E-state index contributed by atoms with van der Waals surface area (Å²) in [5.74, 6) is 0.708. The summed E-state index contributed by atoms with van der Waals surface area (Å²) in [6.07, 6.45) is 2.10. The van der Waals surface area contributed by atoms with Crippen molar-refractivity contribution in [2.24, 2.45) is 5.92 Å². The number of hydrogen-bond donors (Lipinski definition) is 1. The monoisotopic (exact) mass is 240 g/mol. The van der Waals surface area contributed by atoms with Gasteiger partial charge in [0.15, 0.2) is 0 Å². The molecule has 1 aliphatic heterocycles. The Bertz CT molecular complexity index is 391. The van der Waals surface area contributed by atoms with Gasteiger partial charge in [0.05, 0.1) is 12.6 Å². The van der Waals surface area contributed by atoms with Gasteiger partial charge in [-0.1, -0.05) is 0 Å². The zero-order valence-corrected chi connectivity index (χ0v) is 9.54. The zero-order valence-electron chi connectivity index (χ0n) is 9.54. The van der Waals surface area contributed by atoms with Crippen LogP contribution in [0.5, 0.6) is 0 Å². The van der Waals surface area contributed by atoms with Crippen molar-refractivity contribution in [1.29, 1.82) is 0 Å². The van der Waals surface area contributed by atoms with Crippen LogP contribution in [0.1, 0.15) is 18.6 Å². The summed E-state index contributed by atoms with van der Waals surface area (Å²) in [7, 11) is 0. The van der Waals surface area contributed by atoms with Crippen molar-refractivity contribution in [1.82, 2.24) is 4.90 Å². The molecule has 0 aromatic carbocycles. The molecule has 1 unspecified atom stereocenters. The Labute approximate surface area is 99.0 Å².